The monoisotopic (exact) mass is 482 g/mol. The van der Waals surface area contributed by atoms with Crippen molar-refractivity contribution < 1.29 is 19.1 Å². The molecular weight excluding hydrogens is 444 g/mol. The lowest BCUT2D eigenvalue weighted by Crippen LogP contribution is -2.48. The highest BCUT2D eigenvalue weighted by Crippen LogP contribution is 2.26. The van der Waals surface area contributed by atoms with Gasteiger partial charge in [-0.15, -0.1) is 0 Å². The number of amides is 3. The van der Waals surface area contributed by atoms with Gasteiger partial charge in [0, 0.05) is 67.9 Å². The van der Waals surface area contributed by atoms with E-state index in [-0.39, 0.29) is 11.9 Å². The molecule has 8 nitrogen and oxygen atoms in total. The molecule has 0 unspecified atom stereocenters. The van der Waals surface area contributed by atoms with Crippen LogP contribution in [0.1, 0.15) is 45.4 Å². The zero-order valence-corrected chi connectivity index (χ0v) is 21.1. The minimum absolute atomic E-state index is 0.278. The van der Waals surface area contributed by atoms with Crippen molar-refractivity contribution in [1.82, 2.24) is 4.90 Å². The second-order valence-electron chi connectivity index (χ2n) is 8.76. The Labute approximate surface area is 208 Å². The topological polar surface area (TPSA) is 83.1 Å². The summed E-state index contributed by atoms with van der Waals surface area (Å²) >= 11 is 0. The Morgan fingerprint density at radius 2 is 1.40 bits per heavy atom. The zero-order chi connectivity index (χ0) is 25.0. The van der Waals surface area contributed by atoms with Crippen molar-refractivity contribution in [3.05, 3.63) is 42.5 Å². The molecule has 0 atom stereocenters. The van der Waals surface area contributed by atoms with Crippen LogP contribution in [0.5, 0.6) is 11.5 Å². The van der Waals surface area contributed by atoms with Crippen molar-refractivity contribution in [2.24, 2.45) is 0 Å². The number of nitrogens with one attached hydrogen (secondary N) is 2. The van der Waals surface area contributed by atoms with Crippen LogP contribution in [0.15, 0.2) is 42.5 Å². The van der Waals surface area contributed by atoms with E-state index in [1.54, 1.807) is 32.4 Å². The molecule has 0 spiro atoms. The van der Waals surface area contributed by atoms with E-state index in [4.69, 9.17) is 9.47 Å². The van der Waals surface area contributed by atoms with Crippen LogP contribution in [0, 0.1) is 0 Å². The van der Waals surface area contributed by atoms with Gasteiger partial charge >= 0.3 is 6.03 Å². The van der Waals surface area contributed by atoms with Crippen LogP contribution in [0.25, 0.3) is 0 Å². The first-order chi connectivity index (χ1) is 17.0. The zero-order valence-electron chi connectivity index (χ0n) is 21.1. The molecule has 0 aromatic heterocycles. The number of anilines is 3. The standard InChI is InChI=1S/C27H38N4O4/c1-4-5-6-7-8-9-26(32)31-16-14-30(15-17-31)23-12-10-21(11-13-23)28-27(33)29-22-18-24(34-2)20-25(19-22)35-3/h10-13,18-20H,4-9,14-17H2,1-3H3,(H2,28,29,33). The fourth-order valence-electron chi connectivity index (χ4n) is 4.18. The summed E-state index contributed by atoms with van der Waals surface area (Å²) < 4.78 is 10.5. The average Bonchev–Trinajstić information content (AvgIpc) is 2.88. The third-order valence-corrected chi connectivity index (χ3v) is 6.23. The van der Waals surface area contributed by atoms with Gasteiger partial charge < -0.3 is 29.9 Å². The number of methoxy groups -OCH3 is 2. The number of urea groups is 1. The first-order valence-electron chi connectivity index (χ1n) is 12.5. The number of benzene rings is 2. The largest absolute Gasteiger partial charge is 0.497 e. The maximum Gasteiger partial charge on any atom is 0.323 e. The van der Waals surface area contributed by atoms with E-state index in [0.717, 1.165) is 44.7 Å². The molecule has 0 bridgehead atoms. The molecular formula is C27H38N4O4. The van der Waals surface area contributed by atoms with Gasteiger partial charge in [0.15, 0.2) is 0 Å². The maximum absolute atomic E-state index is 12.5. The van der Waals surface area contributed by atoms with Gasteiger partial charge in [-0.3, -0.25) is 4.79 Å². The Kier molecular flexibility index (Phi) is 10.1. The molecule has 1 aliphatic rings. The smallest absolute Gasteiger partial charge is 0.323 e. The van der Waals surface area contributed by atoms with E-state index in [2.05, 4.69) is 22.5 Å². The van der Waals surface area contributed by atoms with Gasteiger partial charge in [0.05, 0.1) is 14.2 Å². The number of hydrogen-bond donors (Lipinski definition) is 2. The van der Waals surface area contributed by atoms with Gasteiger partial charge in [0.2, 0.25) is 5.91 Å². The lowest BCUT2D eigenvalue weighted by Gasteiger charge is -2.36. The second kappa shape index (κ2) is 13.5. The van der Waals surface area contributed by atoms with Crippen LogP contribution in [-0.4, -0.2) is 57.2 Å². The average molecular weight is 483 g/mol. The summed E-state index contributed by atoms with van der Waals surface area (Å²) in [7, 11) is 3.13. The van der Waals surface area contributed by atoms with E-state index in [1.807, 2.05) is 29.2 Å². The molecule has 190 valence electrons. The Morgan fingerprint density at radius 1 is 0.800 bits per heavy atom. The first-order valence-corrected chi connectivity index (χ1v) is 12.5. The quantitative estimate of drug-likeness (QED) is 0.422. The Hall–Kier alpha value is -3.42. The van der Waals surface area contributed by atoms with Crippen molar-refractivity contribution in [3.63, 3.8) is 0 Å². The van der Waals surface area contributed by atoms with E-state index in [9.17, 15) is 9.59 Å². The fraction of sp³-hybridized carbons (Fsp3) is 0.481. The predicted octanol–water partition coefficient (Wildman–Crippen LogP) is 5.36. The van der Waals surface area contributed by atoms with Gasteiger partial charge in [0.1, 0.15) is 11.5 Å². The number of ether oxygens (including phenoxy) is 2. The highest BCUT2D eigenvalue weighted by atomic mass is 16.5. The maximum atomic E-state index is 12.5. The minimum Gasteiger partial charge on any atom is -0.497 e. The molecule has 8 heteroatoms. The molecule has 3 rings (SSSR count). The van der Waals surface area contributed by atoms with Crippen molar-refractivity contribution in [1.29, 1.82) is 0 Å². The van der Waals surface area contributed by atoms with E-state index >= 15 is 0 Å². The Balaban J connectivity index is 1.45. The summed E-state index contributed by atoms with van der Waals surface area (Å²) in [6, 6.07) is 12.6. The van der Waals surface area contributed by atoms with E-state index < -0.39 is 0 Å². The van der Waals surface area contributed by atoms with Gasteiger partial charge in [-0.25, -0.2) is 4.79 Å². The van der Waals surface area contributed by atoms with Crippen molar-refractivity contribution in [2.75, 3.05) is 55.9 Å². The van der Waals surface area contributed by atoms with E-state index in [0.29, 0.717) is 29.3 Å². The van der Waals surface area contributed by atoms with Gasteiger partial charge in [0.25, 0.3) is 0 Å². The molecule has 0 saturated carbocycles. The molecule has 0 aliphatic carbocycles. The summed E-state index contributed by atoms with van der Waals surface area (Å²) in [6.07, 6.45) is 6.50. The predicted molar refractivity (Wildman–Crippen MR) is 141 cm³/mol. The van der Waals surface area contributed by atoms with E-state index in [1.165, 1.54) is 19.3 Å². The number of carbonyl (C=O) groups is 2. The van der Waals surface area contributed by atoms with Crippen LogP contribution in [-0.2, 0) is 4.79 Å². The van der Waals surface area contributed by atoms with Crippen molar-refractivity contribution in [3.8, 4) is 11.5 Å². The summed E-state index contributed by atoms with van der Waals surface area (Å²) in [6.45, 7) is 5.33. The molecule has 3 amide bonds. The van der Waals surface area contributed by atoms with Crippen LogP contribution < -0.4 is 25.0 Å². The number of carbonyl (C=O) groups excluding carboxylic acids is 2. The van der Waals surface area contributed by atoms with Crippen LogP contribution in [0.4, 0.5) is 21.9 Å². The number of unbranched alkanes of at least 4 members (excludes halogenated alkanes) is 4. The molecule has 35 heavy (non-hydrogen) atoms. The number of nitrogens with zero attached hydrogens (tertiary/aromatic N) is 2. The van der Waals surface area contributed by atoms with Crippen molar-refractivity contribution >= 4 is 29.0 Å². The second-order valence-corrected chi connectivity index (χ2v) is 8.76. The fourth-order valence-corrected chi connectivity index (χ4v) is 4.18. The summed E-state index contributed by atoms with van der Waals surface area (Å²) in [5.41, 5.74) is 2.35. The summed E-state index contributed by atoms with van der Waals surface area (Å²) in [4.78, 5) is 29.2. The van der Waals surface area contributed by atoms with Crippen molar-refractivity contribution in [2.45, 2.75) is 45.4 Å². The molecule has 1 aliphatic heterocycles. The highest BCUT2D eigenvalue weighted by molar-refractivity contribution is 6.00. The lowest BCUT2D eigenvalue weighted by atomic mass is 10.1. The third kappa shape index (κ3) is 8.09. The first kappa shape index (κ1) is 26.2. The van der Waals surface area contributed by atoms with Gasteiger partial charge in [-0.05, 0) is 30.7 Å². The SMILES string of the molecule is CCCCCCCC(=O)N1CCN(c2ccc(NC(=O)Nc3cc(OC)cc(OC)c3)cc2)CC1. The summed E-state index contributed by atoms with van der Waals surface area (Å²) in [5, 5.41) is 5.65. The molecule has 0 radical (unpaired) electrons. The lowest BCUT2D eigenvalue weighted by molar-refractivity contribution is -0.131. The Morgan fingerprint density at radius 3 is 2.00 bits per heavy atom. The van der Waals surface area contributed by atoms with Crippen LogP contribution in [0.2, 0.25) is 0 Å². The normalized spacial score (nSPS) is 13.3. The minimum atomic E-state index is -0.352. The molecule has 2 aromatic carbocycles. The molecule has 1 fully saturated rings. The van der Waals surface area contributed by atoms with Crippen LogP contribution in [0.3, 0.4) is 0 Å². The third-order valence-electron chi connectivity index (χ3n) is 6.23. The van der Waals surface area contributed by atoms with Crippen LogP contribution >= 0.6 is 0 Å². The number of piperazine rings is 1. The molecule has 1 saturated heterocycles. The molecule has 2 aromatic rings. The Bertz CT molecular complexity index is 934. The highest BCUT2D eigenvalue weighted by Gasteiger charge is 2.21. The van der Waals surface area contributed by atoms with Gasteiger partial charge in [-0.1, -0.05) is 32.6 Å². The van der Waals surface area contributed by atoms with Gasteiger partial charge in [-0.2, -0.15) is 0 Å². The molecule has 1 heterocycles. The number of rotatable bonds is 11. The molecule has 2 N–H and O–H groups in total. The number of hydrogen-bond acceptors (Lipinski definition) is 5. The summed E-state index contributed by atoms with van der Waals surface area (Å²) in [5.74, 6) is 1.47.